The van der Waals surface area contributed by atoms with Crippen LogP contribution in [-0.4, -0.2) is 32.3 Å². The smallest absolute Gasteiger partial charge is 0.343 e. The summed E-state index contributed by atoms with van der Waals surface area (Å²) in [5, 5.41) is 0. The van der Waals surface area contributed by atoms with Crippen molar-refractivity contribution in [1.82, 2.24) is 0 Å². The molecule has 0 spiro atoms. The number of ether oxygens (including phenoxy) is 5. The van der Waals surface area contributed by atoms with Gasteiger partial charge in [0.15, 0.2) is 11.5 Å². The van der Waals surface area contributed by atoms with E-state index in [4.69, 9.17) is 23.7 Å². The number of methoxy groups -OCH3 is 2. The molecule has 2 rings (SSSR count). The van der Waals surface area contributed by atoms with E-state index in [1.54, 1.807) is 48.5 Å². The molecule has 0 amide bonds. The molecule has 0 aliphatic carbocycles. The van der Waals surface area contributed by atoms with E-state index < -0.39 is 11.9 Å². The lowest BCUT2D eigenvalue weighted by atomic mass is 10.2. The molecule has 168 valence electrons. The average molecular weight is 438 g/mol. The Bertz CT molecular complexity index is 1000. The first-order valence-corrected chi connectivity index (χ1v) is 9.72. The second-order valence-electron chi connectivity index (χ2n) is 6.80. The van der Waals surface area contributed by atoms with Crippen LogP contribution >= 0.6 is 0 Å². The van der Waals surface area contributed by atoms with Crippen LogP contribution in [0.5, 0.6) is 11.5 Å². The second-order valence-corrected chi connectivity index (χ2v) is 6.80. The Kier molecular flexibility index (Phi) is 8.65. The first-order valence-electron chi connectivity index (χ1n) is 9.72. The van der Waals surface area contributed by atoms with E-state index in [1.165, 1.54) is 20.3 Å². The summed E-state index contributed by atoms with van der Waals surface area (Å²) in [6.07, 6.45) is 1.32. The van der Waals surface area contributed by atoms with E-state index in [9.17, 15) is 9.59 Å². The van der Waals surface area contributed by atoms with Gasteiger partial charge >= 0.3 is 11.9 Å². The number of hydrogen-bond acceptors (Lipinski definition) is 7. The van der Waals surface area contributed by atoms with Crippen LogP contribution in [0.25, 0.3) is 0 Å². The van der Waals surface area contributed by atoms with Crippen molar-refractivity contribution in [1.29, 1.82) is 0 Å². The topological polar surface area (TPSA) is 80.3 Å². The third-order valence-electron chi connectivity index (χ3n) is 4.01. The number of hydrogen-bond donors (Lipinski definition) is 0. The summed E-state index contributed by atoms with van der Waals surface area (Å²) in [6.45, 7) is 11.2. The number of carbonyl (C=O) groups is 2. The van der Waals surface area contributed by atoms with Crippen LogP contribution in [0.2, 0.25) is 0 Å². The molecule has 0 fully saturated rings. The van der Waals surface area contributed by atoms with E-state index in [2.05, 4.69) is 13.2 Å². The quantitative estimate of drug-likeness (QED) is 0.292. The summed E-state index contributed by atoms with van der Waals surface area (Å²) in [4.78, 5) is 24.6. The Morgan fingerprint density at radius 1 is 0.812 bits per heavy atom. The zero-order chi connectivity index (χ0) is 23.7. The van der Waals surface area contributed by atoms with E-state index in [-0.39, 0.29) is 23.4 Å². The van der Waals surface area contributed by atoms with E-state index in [0.717, 1.165) is 0 Å². The predicted octanol–water partition coefficient (Wildman–Crippen LogP) is 5.05. The van der Waals surface area contributed by atoms with E-state index in [1.807, 2.05) is 13.8 Å². The molecule has 0 N–H and O–H groups in total. The van der Waals surface area contributed by atoms with Gasteiger partial charge in [-0.1, -0.05) is 13.2 Å². The monoisotopic (exact) mass is 438 g/mol. The summed E-state index contributed by atoms with van der Waals surface area (Å²) in [5.74, 6) is -0.00196. The highest BCUT2D eigenvalue weighted by Crippen LogP contribution is 2.19. The second kappa shape index (κ2) is 11.4. The largest absolute Gasteiger partial charge is 0.497 e. The van der Waals surface area contributed by atoms with Crippen molar-refractivity contribution in [2.24, 2.45) is 0 Å². The Balaban J connectivity index is 1.99. The Morgan fingerprint density at radius 2 is 1.31 bits per heavy atom. The van der Waals surface area contributed by atoms with Gasteiger partial charge in [-0.05, 0) is 62.4 Å². The number of benzene rings is 2. The van der Waals surface area contributed by atoms with Gasteiger partial charge in [0.25, 0.3) is 0 Å². The van der Waals surface area contributed by atoms with Gasteiger partial charge in [0, 0.05) is 6.08 Å². The molecule has 0 aliphatic rings. The molecule has 0 unspecified atom stereocenters. The van der Waals surface area contributed by atoms with Crippen molar-refractivity contribution >= 4 is 11.9 Å². The zero-order valence-electron chi connectivity index (χ0n) is 18.5. The van der Waals surface area contributed by atoms with E-state index in [0.29, 0.717) is 22.6 Å². The van der Waals surface area contributed by atoms with Gasteiger partial charge in [-0.2, -0.15) is 0 Å². The molecule has 0 saturated carbocycles. The van der Waals surface area contributed by atoms with Gasteiger partial charge in [0.2, 0.25) is 0 Å². The van der Waals surface area contributed by atoms with Crippen LogP contribution in [0.1, 0.15) is 34.6 Å². The summed E-state index contributed by atoms with van der Waals surface area (Å²) >= 11 is 0. The fourth-order valence-corrected chi connectivity index (χ4v) is 2.50. The van der Waals surface area contributed by atoms with Crippen LogP contribution in [0.4, 0.5) is 0 Å². The maximum absolute atomic E-state index is 12.4. The minimum absolute atomic E-state index is 0.0185. The number of carbonyl (C=O) groups excluding carboxylic acids is 2. The number of rotatable bonds is 10. The fraction of sp³-hybridized carbons (Fsp3) is 0.200. The van der Waals surface area contributed by atoms with Crippen molar-refractivity contribution in [3.05, 3.63) is 96.2 Å². The van der Waals surface area contributed by atoms with Gasteiger partial charge < -0.3 is 23.7 Å². The Hall–Kier alpha value is -4.00. The van der Waals surface area contributed by atoms with Crippen LogP contribution in [-0.2, 0) is 14.2 Å². The summed E-state index contributed by atoms with van der Waals surface area (Å²) < 4.78 is 26.3. The highest BCUT2D eigenvalue weighted by Gasteiger charge is 2.15. The maximum atomic E-state index is 12.4. The lowest BCUT2D eigenvalue weighted by Gasteiger charge is -2.12. The van der Waals surface area contributed by atoms with Crippen molar-refractivity contribution < 1.29 is 33.3 Å². The minimum atomic E-state index is -0.630. The Morgan fingerprint density at radius 3 is 1.78 bits per heavy atom. The fourth-order valence-electron chi connectivity index (χ4n) is 2.50. The molecular formula is C25H26O7. The molecule has 2 aromatic rings. The molecule has 0 radical (unpaired) electrons. The van der Waals surface area contributed by atoms with Crippen molar-refractivity contribution in [3.8, 4) is 11.5 Å². The van der Waals surface area contributed by atoms with Crippen LogP contribution < -0.4 is 9.47 Å². The molecule has 2 aromatic carbocycles. The minimum Gasteiger partial charge on any atom is -0.497 e. The molecule has 0 heterocycles. The lowest BCUT2D eigenvalue weighted by molar-refractivity contribution is 0.0595. The first kappa shape index (κ1) is 24.3. The van der Waals surface area contributed by atoms with Gasteiger partial charge in [0.1, 0.15) is 17.3 Å². The molecule has 0 atom stereocenters. The van der Waals surface area contributed by atoms with Gasteiger partial charge in [-0.3, -0.25) is 0 Å². The summed E-state index contributed by atoms with van der Waals surface area (Å²) in [7, 11) is 2.89. The molecule has 0 aliphatic heterocycles. The maximum Gasteiger partial charge on any atom is 0.343 e. The molecule has 7 heteroatoms. The number of esters is 2. The SMILES string of the molecule is C=C(/C=C(/OC)C(=C)OC(=O)c1ccc(OC(C)C)cc1)OC(=O)c1ccc(OC)cc1. The highest BCUT2D eigenvalue weighted by molar-refractivity contribution is 5.91. The predicted molar refractivity (Wildman–Crippen MR) is 119 cm³/mol. The normalized spacial score (nSPS) is 10.8. The van der Waals surface area contributed by atoms with Crippen LogP contribution in [0.3, 0.4) is 0 Å². The van der Waals surface area contributed by atoms with Gasteiger partial charge in [0.05, 0.1) is 31.5 Å². The molecule has 0 aromatic heterocycles. The van der Waals surface area contributed by atoms with Crippen LogP contribution in [0.15, 0.2) is 85.0 Å². The van der Waals surface area contributed by atoms with Crippen molar-refractivity contribution in [3.63, 3.8) is 0 Å². The molecule has 0 saturated heterocycles. The summed E-state index contributed by atoms with van der Waals surface area (Å²) in [6, 6.07) is 12.9. The first-order chi connectivity index (χ1) is 15.2. The third-order valence-corrected chi connectivity index (χ3v) is 4.01. The zero-order valence-corrected chi connectivity index (χ0v) is 18.5. The standard InChI is InChI=1S/C25H26O7/c1-16(2)30-22-13-9-20(10-14-22)25(27)32-18(4)23(29-6)15-17(3)31-24(26)19-7-11-21(28-5)12-8-19/h7-16H,3-4H2,1-2,5-6H3/b23-15+. The Labute approximate surface area is 187 Å². The molecule has 7 nitrogen and oxygen atoms in total. The summed E-state index contributed by atoms with van der Waals surface area (Å²) in [5.41, 5.74) is 0.622. The molecule has 0 bridgehead atoms. The number of allylic oxidation sites excluding steroid dienone is 1. The highest BCUT2D eigenvalue weighted by atomic mass is 16.6. The van der Waals surface area contributed by atoms with E-state index >= 15 is 0 Å². The third kappa shape index (κ3) is 7.05. The van der Waals surface area contributed by atoms with Gasteiger partial charge in [-0.15, -0.1) is 0 Å². The van der Waals surface area contributed by atoms with Crippen molar-refractivity contribution in [2.75, 3.05) is 14.2 Å². The average Bonchev–Trinajstić information content (AvgIpc) is 2.77. The molecular weight excluding hydrogens is 412 g/mol. The van der Waals surface area contributed by atoms with Crippen molar-refractivity contribution in [2.45, 2.75) is 20.0 Å². The lowest BCUT2D eigenvalue weighted by Crippen LogP contribution is -2.09. The molecule has 32 heavy (non-hydrogen) atoms. The van der Waals surface area contributed by atoms with Crippen LogP contribution in [0, 0.1) is 0 Å². The van der Waals surface area contributed by atoms with Gasteiger partial charge in [-0.25, -0.2) is 9.59 Å².